The van der Waals surface area contributed by atoms with Crippen LogP contribution in [0.1, 0.15) is 45.1 Å². The maximum Gasteiger partial charge on any atom is 0.0934 e. The molecule has 0 spiro atoms. The highest BCUT2D eigenvalue weighted by Gasteiger charge is 2.06. The quantitative estimate of drug-likeness (QED) is 0.710. The number of aryl methyl sites for hydroxylation is 1. The topological polar surface area (TPSA) is 25.2 Å². The largest absolute Gasteiger partial charge is 0.472 e. The lowest BCUT2D eigenvalue weighted by Crippen LogP contribution is -2.30. The van der Waals surface area contributed by atoms with Crippen LogP contribution in [0.25, 0.3) is 0 Å². The molecule has 1 atom stereocenters. The fourth-order valence-corrected chi connectivity index (χ4v) is 1.82. The van der Waals surface area contributed by atoms with Gasteiger partial charge in [0.1, 0.15) is 0 Å². The van der Waals surface area contributed by atoms with Crippen molar-refractivity contribution in [3.05, 3.63) is 24.2 Å². The first-order valence-electron chi connectivity index (χ1n) is 6.11. The molecule has 15 heavy (non-hydrogen) atoms. The molecule has 0 aliphatic rings. The Morgan fingerprint density at radius 3 is 2.73 bits per heavy atom. The van der Waals surface area contributed by atoms with Gasteiger partial charge in [0.25, 0.3) is 0 Å². The first kappa shape index (κ1) is 12.3. The van der Waals surface area contributed by atoms with Gasteiger partial charge < -0.3 is 9.73 Å². The summed E-state index contributed by atoms with van der Waals surface area (Å²) in [7, 11) is 0. The molecule has 1 N–H and O–H groups in total. The van der Waals surface area contributed by atoms with Gasteiger partial charge in [0.2, 0.25) is 0 Å². The van der Waals surface area contributed by atoms with Crippen molar-refractivity contribution in [2.45, 2.75) is 52.0 Å². The summed E-state index contributed by atoms with van der Waals surface area (Å²) in [5, 5.41) is 3.60. The molecule has 0 aromatic carbocycles. The van der Waals surface area contributed by atoms with E-state index in [-0.39, 0.29) is 0 Å². The monoisotopic (exact) mass is 209 g/mol. The Hall–Kier alpha value is -0.760. The molecular weight excluding hydrogens is 186 g/mol. The Bertz CT molecular complexity index is 231. The van der Waals surface area contributed by atoms with Crippen LogP contribution < -0.4 is 5.32 Å². The Kier molecular flexibility index (Phi) is 6.17. The van der Waals surface area contributed by atoms with E-state index in [4.69, 9.17) is 4.42 Å². The lowest BCUT2D eigenvalue weighted by atomic mass is 10.0. The summed E-state index contributed by atoms with van der Waals surface area (Å²) in [5.74, 6) is 0. The van der Waals surface area contributed by atoms with Crippen LogP contribution in [-0.2, 0) is 6.42 Å². The average Bonchev–Trinajstić information content (AvgIpc) is 2.75. The smallest absolute Gasteiger partial charge is 0.0934 e. The Balaban J connectivity index is 2.24. The minimum absolute atomic E-state index is 0.671. The molecule has 86 valence electrons. The number of hydrogen-bond acceptors (Lipinski definition) is 2. The van der Waals surface area contributed by atoms with E-state index in [1.807, 2.05) is 6.26 Å². The zero-order valence-corrected chi connectivity index (χ0v) is 9.96. The van der Waals surface area contributed by atoms with Crippen LogP contribution in [0.15, 0.2) is 23.0 Å². The molecule has 1 rings (SSSR count). The second-order valence-corrected chi connectivity index (χ2v) is 4.11. The molecule has 1 unspecified atom stereocenters. The number of furan rings is 1. The Morgan fingerprint density at radius 1 is 1.27 bits per heavy atom. The van der Waals surface area contributed by atoms with Crippen LogP contribution in [0.3, 0.4) is 0 Å². The van der Waals surface area contributed by atoms with Crippen LogP contribution in [0.2, 0.25) is 0 Å². The maximum atomic E-state index is 5.07. The minimum atomic E-state index is 0.671. The third-order valence-electron chi connectivity index (χ3n) is 2.68. The third-order valence-corrected chi connectivity index (χ3v) is 2.68. The van der Waals surface area contributed by atoms with Crippen molar-refractivity contribution >= 4 is 0 Å². The van der Waals surface area contributed by atoms with Crippen molar-refractivity contribution in [3.8, 4) is 0 Å². The molecule has 0 amide bonds. The number of nitrogens with one attached hydrogen (secondary N) is 1. The molecule has 0 fully saturated rings. The van der Waals surface area contributed by atoms with E-state index < -0.39 is 0 Å². The first-order chi connectivity index (χ1) is 7.36. The van der Waals surface area contributed by atoms with Crippen LogP contribution in [0, 0.1) is 0 Å². The SMILES string of the molecule is CCCNC(CCC)CCc1ccoc1. The normalized spacial score (nSPS) is 12.9. The summed E-state index contributed by atoms with van der Waals surface area (Å²) in [5.41, 5.74) is 1.31. The van der Waals surface area contributed by atoms with Crippen molar-refractivity contribution in [1.29, 1.82) is 0 Å². The zero-order chi connectivity index (χ0) is 10.9. The maximum absolute atomic E-state index is 5.07. The molecule has 0 radical (unpaired) electrons. The predicted molar refractivity (Wildman–Crippen MR) is 64.0 cm³/mol. The molecule has 0 saturated heterocycles. The highest BCUT2D eigenvalue weighted by Crippen LogP contribution is 2.09. The van der Waals surface area contributed by atoms with Gasteiger partial charge in [-0.15, -0.1) is 0 Å². The highest BCUT2D eigenvalue weighted by atomic mass is 16.3. The van der Waals surface area contributed by atoms with Gasteiger partial charge in [0.15, 0.2) is 0 Å². The molecule has 2 nitrogen and oxygen atoms in total. The van der Waals surface area contributed by atoms with E-state index in [0.717, 1.165) is 13.0 Å². The molecule has 1 aromatic heterocycles. The van der Waals surface area contributed by atoms with Crippen LogP contribution in [0.5, 0.6) is 0 Å². The van der Waals surface area contributed by atoms with Crippen molar-refractivity contribution in [2.24, 2.45) is 0 Å². The predicted octanol–water partition coefficient (Wildman–Crippen LogP) is 3.38. The van der Waals surface area contributed by atoms with Gasteiger partial charge in [-0.25, -0.2) is 0 Å². The van der Waals surface area contributed by atoms with Crippen molar-refractivity contribution < 1.29 is 4.42 Å². The van der Waals surface area contributed by atoms with Crippen molar-refractivity contribution in [1.82, 2.24) is 5.32 Å². The van der Waals surface area contributed by atoms with Gasteiger partial charge in [-0.1, -0.05) is 20.3 Å². The van der Waals surface area contributed by atoms with Crippen LogP contribution in [0.4, 0.5) is 0 Å². The fourth-order valence-electron chi connectivity index (χ4n) is 1.82. The molecule has 0 aliphatic carbocycles. The molecule has 0 aliphatic heterocycles. The van der Waals surface area contributed by atoms with E-state index >= 15 is 0 Å². The standard InChI is InChI=1S/C13H23NO/c1-3-5-13(14-9-4-2)7-6-12-8-10-15-11-12/h8,10-11,13-14H,3-7,9H2,1-2H3. The lowest BCUT2D eigenvalue weighted by Gasteiger charge is -2.17. The van der Waals surface area contributed by atoms with Crippen LogP contribution >= 0.6 is 0 Å². The molecular formula is C13H23NO. The third kappa shape index (κ3) is 5.03. The summed E-state index contributed by atoms with van der Waals surface area (Å²) in [6.07, 6.45) is 9.69. The van der Waals surface area contributed by atoms with Crippen LogP contribution in [-0.4, -0.2) is 12.6 Å². The number of rotatable bonds is 8. The second kappa shape index (κ2) is 7.52. The Labute approximate surface area is 93.1 Å². The van der Waals surface area contributed by atoms with Gasteiger partial charge in [-0.2, -0.15) is 0 Å². The van der Waals surface area contributed by atoms with E-state index in [2.05, 4.69) is 25.2 Å². The van der Waals surface area contributed by atoms with E-state index in [9.17, 15) is 0 Å². The van der Waals surface area contributed by atoms with Crippen molar-refractivity contribution in [3.63, 3.8) is 0 Å². The van der Waals surface area contributed by atoms with Gasteiger partial charge in [0.05, 0.1) is 12.5 Å². The summed E-state index contributed by atoms with van der Waals surface area (Å²) in [6, 6.07) is 2.73. The van der Waals surface area contributed by atoms with Crippen molar-refractivity contribution in [2.75, 3.05) is 6.54 Å². The minimum Gasteiger partial charge on any atom is -0.472 e. The molecule has 0 saturated carbocycles. The molecule has 1 aromatic rings. The van der Waals surface area contributed by atoms with E-state index in [1.165, 1.54) is 31.2 Å². The Morgan fingerprint density at radius 2 is 2.13 bits per heavy atom. The average molecular weight is 209 g/mol. The van der Waals surface area contributed by atoms with E-state index in [0.29, 0.717) is 6.04 Å². The molecule has 1 heterocycles. The summed E-state index contributed by atoms with van der Waals surface area (Å²) in [6.45, 7) is 5.60. The molecule has 0 bridgehead atoms. The highest BCUT2D eigenvalue weighted by molar-refractivity contribution is 5.05. The van der Waals surface area contributed by atoms with E-state index in [1.54, 1.807) is 6.26 Å². The zero-order valence-electron chi connectivity index (χ0n) is 9.96. The lowest BCUT2D eigenvalue weighted by molar-refractivity contribution is 0.448. The first-order valence-corrected chi connectivity index (χ1v) is 6.11. The number of hydrogen-bond donors (Lipinski definition) is 1. The fraction of sp³-hybridized carbons (Fsp3) is 0.692. The van der Waals surface area contributed by atoms with Gasteiger partial charge in [0, 0.05) is 6.04 Å². The second-order valence-electron chi connectivity index (χ2n) is 4.11. The van der Waals surface area contributed by atoms with Gasteiger partial charge in [-0.05, 0) is 43.9 Å². The summed E-state index contributed by atoms with van der Waals surface area (Å²) in [4.78, 5) is 0. The van der Waals surface area contributed by atoms with Gasteiger partial charge in [-0.3, -0.25) is 0 Å². The summed E-state index contributed by atoms with van der Waals surface area (Å²) < 4.78 is 5.07. The van der Waals surface area contributed by atoms with Gasteiger partial charge >= 0.3 is 0 Å². The summed E-state index contributed by atoms with van der Waals surface area (Å²) >= 11 is 0. The molecule has 2 heteroatoms.